The molecule has 2 heteroatoms. The zero-order chi connectivity index (χ0) is 7.72. The van der Waals surface area contributed by atoms with Gasteiger partial charge in [0.15, 0.2) is 0 Å². The Balaban J connectivity index is 2.53. The Morgan fingerprint density at radius 3 is 2.20 bits per heavy atom. The van der Waals surface area contributed by atoms with Crippen molar-refractivity contribution < 1.29 is 9.13 Å². The standard InChI is InChI=1S/C8H15FO/c1-4-7-5(2)8(9)6(3)10-7/h5-8H,4H2,1-3H3/t5-,6-,7+,8?/m1/s1. The van der Waals surface area contributed by atoms with Crippen molar-refractivity contribution >= 4 is 0 Å². The van der Waals surface area contributed by atoms with Crippen LogP contribution in [0.2, 0.25) is 0 Å². The Kier molecular flexibility index (Phi) is 2.29. The van der Waals surface area contributed by atoms with Crippen LogP contribution in [0.5, 0.6) is 0 Å². The molecule has 0 saturated carbocycles. The number of alkyl halides is 1. The highest BCUT2D eigenvalue weighted by atomic mass is 19.1. The van der Waals surface area contributed by atoms with Gasteiger partial charge in [-0.3, -0.25) is 0 Å². The van der Waals surface area contributed by atoms with Crippen LogP contribution in [0.15, 0.2) is 0 Å². The average molecular weight is 146 g/mol. The van der Waals surface area contributed by atoms with Gasteiger partial charge >= 0.3 is 0 Å². The van der Waals surface area contributed by atoms with Crippen molar-refractivity contribution in [3.8, 4) is 0 Å². The second kappa shape index (κ2) is 2.87. The minimum atomic E-state index is -0.759. The second-order valence-electron chi connectivity index (χ2n) is 3.09. The summed E-state index contributed by atoms with van der Waals surface area (Å²) in [7, 11) is 0. The van der Waals surface area contributed by atoms with Crippen LogP contribution in [-0.4, -0.2) is 18.4 Å². The van der Waals surface area contributed by atoms with Gasteiger partial charge in [0.2, 0.25) is 0 Å². The highest BCUT2D eigenvalue weighted by molar-refractivity contribution is 4.84. The first-order valence-electron chi connectivity index (χ1n) is 3.96. The van der Waals surface area contributed by atoms with Crippen LogP contribution in [0, 0.1) is 5.92 Å². The van der Waals surface area contributed by atoms with Crippen LogP contribution in [0.4, 0.5) is 4.39 Å². The van der Waals surface area contributed by atoms with E-state index in [0.717, 1.165) is 6.42 Å². The maximum Gasteiger partial charge on any atom is 0.131 e. The molecule has 1 heterocycles. The van der Waals surface area contributed by atoms with Gasteiger partial charge in [-0.1, -0.05) is 13.8 Å². The SMILES string of the molecule is CC[C@@H]1O[C@H](C)C(F)[C@@H]1C. The van der Waals surface area contributed by atoms with Crippen molar-refractivity contribution in [1.29, 1.82) is 0 Å². The molecule has 0 bridgehead atoms. The normalized spacial score (nSPS) is 48.0. The molecule has 0 radical (unpaired) electrons. The number of rotatable bonds is 1. The zero-order valence-electron chi connectivity index (χ0n) is 6.80. The Bertz CT molecular complexity index is 116. The van der Waals surface area contributed by atoms with Crippen molar-refractivity contribution in [3.05, 3.63) is 0 Å². The molecule has 0 amide bonds. The monoisotopic (exact) mass is 146 g/mol. The molecule has 0 aromatic carbocycles. The highest BCUT2D eigenvalue weighted by Crippen LogP contribution is 2.30. The van der Waals surface area contributed by atoms with Gasteiger partial charge in [0, 0.05) is 5.92 Å². The Hall–Kier alpha value is -0.110. The van der Waals surface area contributed by atoms with Gasteiger partial charge in [-0.05, 0) is 13.3 Å². The van der Waals surface area contributed by atoms with Crippen molar-refractivity contribution in [2.75, 3.05) is 0 Å². The lowest BCUT2D eigenvalue weighted by atomic mass is 9.99. The molecule has 1 fully saturated rings. The predicted octanol–water partition coefficient (Wildman–Crippen LogP) is 2.16. The minimum Gasteiger partial charge on any atom is -0.372 e. The number of halogens is 1. The third kappa shape index (κ3) is 1.17. The maximum absolute atomic E-state index is 13.0. The average Bonchev–Trinajstić information content (AvgIpc) is 2.17. The van der Waals surface area contributed by atoms with Gasteiger partial charge in [-0.2, -0.15) is 0 Å². The molecule has 1 rings (SSSR count). The lowest BCUT2D eigenvalue weighted by molar-refractivity contribution is 0.0349. The van der Waals surface area contributed by atoms with Gasteiger partial charge in [-0.15, -0.1) is 0 Å². The fraction of sp³-hybridized carbons (Fsp3) is 1.00. The maximum atomic E-state index is 13.0. The molecule has 0 N–H and O–H groups in total. The van der Waals surface area contributed by atoms with Crippen LogP contribution in [0.3, 0.4) is 0 Å². The highest BCUT2D eigenvalue weighted by Gasteiger charge is 2.38. The van der Waals surface area contributed by atoms with E-state index in [1.54, 1.807) is 6.92 Å². The van der Waals surface area contributed by atoms with Crippen LogP contribution >= 0.6 is 0 Å². The van der Waals surface area contributed by atoms with E-state index in [9.17, 15) is 4.39 Å². The van der Waals surface area contributed by atoms with Gasteiger partial charge in [0.25, 0.3) is 0 Å². The first-order valence-corrected chi connectivity index (χ1v) is 3.96. The molecule has 0 aromatic heterocycles. The predicted molar refractivity (Wildman–Crippen MR) is 38.7 cm³/mol. The third-order valence-electron chi connectivity index (χ3n) is 2.33. The zero-order valence-corrected chi connectivity index (χ0v) is 6.80. The number of ether oxygens (including phenoxy) is 1. The summed E-state index contributed by atoms with van der Waals surface area (Å²) >= 11 is 0. The van der Waals surface area contributed by atoms with Crippen molar-refractivity contribution in [2.24, 2.45) is 5.92 Å². The first-order chi connectivity index (χ1) is 4.66. The number of hydrogen-bond acceptors (Lipinski definition) is 1. The molecule has 1 unspecified atom stereocenters. The summed E-state index contributed by atoms with van der Waals surface area (Å²) in [6.45, 7) is 5.76. The van der Waals surface area contributed by atoms with E-state index in [1.165, 1.54) is 0 Å². The van der Waals surface area contributed by atoms with Gasteiger partial charge in [0.05, 0.1) is 12.2 Å². The Morgan fingerprint density at radius 1 is 1.40 bits per heavy atom. The Labute approximate surface area is 61.6 Å². The minimum absolute atomic E-state index is 0.0833. The fourth-order valence-electron chi connectivity index (χ4n) is 1.58. The summed E-state index contributed by atoms with van der Waals surface area (Å²) in [6, 6.07) is 0. The molecule has 1 nitrogen and oxygen atoms in total. The summed E-state index contributed by atoms with van der Waals surface area (Å²) in [4.78, 5) is 0. The van der Waals surface area contributed by atoms with E-state index < -0.39 is 6.17 Å². The molecular formula is C8H15FO. The van der Waals surface area contributed by atoms with Gasteiger partial charge in [-0.25, -0.2) is 4.39 Å². The number of hydrogen-bond donors (Lipinski definition) is 0. The lowest BCUT2D eigenvalue weighted by Gasteiger charge is -2.10. The van der Waals surface area contributed by atoms with Crippen molar-refractivity contribution in [3.63, 3.8) is 0 Å². The van der Waals surface area contributed by atoms with Crippen LogP contribution in [0.25, 0.3) is 0 Å². The van der Waals surface area contributed by atoms with E-state index >= 15 is 0 Å². The molecule has 0 aromatic rings. The quantitative estimate of drug-likeness (QED) is 0.550. The first kappa shape index (κ1) is 7.99. The summed E-state index contributed by atoms with van der Waals surface area (Å²) < 4.78 is 18.4. The Morgan fingerprint density at radius 2 is 2.00 bits per heavy atom. The van der Waals surface area contributed by atoms with Gasteiger partial charge < -0.3 is 4.74 Å². The van der Waals surface area contributed by atoms with E-state index in [2.05, 4.69) is 0 Å². The third-order valence-corrected chi connectivity index (χ3v) is 2.33. The summed E-state index contributed by atoms with van der Waals surface area (Å²) in [6.07, 6.45) is 0.112. The van der Waals surface area contributed by atoms with E-state index in [1.807, 2.05) is 13.8 Å². The molecule has 0 spiro atoms. The second-order valence-corrected chi connectivity index (χ2v) is 3.09. The van der Waals surface area contributed by atoms with Crippen molar-refractivity contribution in [1.82, 2.24) is 0 Å². The molecular weight excluding hydrogens is 131 g/mol. The van der Waals surface area contributed by atoms with Gasteiger partial charge in [0.1, 0.15) is 6.17 Å². The summed E-state index contributed by atoms with van der Waals surface area (Å²) in [5, 5.41) is 0. The summed E-state index contributed by atoms with van der Waals surface area (Å²) in [5.74, 6) is 0.0833. The van der Waals surface area contributed by atoms with E-state index in [0.29, 0.717) is 0 Å². The van der Waals surface area contributed by atoms with Crippen LogP contribution in [-0.2, 0) is 4.74 Å². The van der Waals surface area contributed by atoms with Crippen LogP contribution < -0.4 is 0 Å². The molecule has 1 aliphatic heterocycles. The molecule has 4 atom stereocenters. The molecule has 10 heavy (non-hydrogen) atoms. The molecule has 1 saturated heterocycles. The largest absolute Gasteiger partial charge is 0.372 e. The smallest absolute Gasteiger partial charge is 0.131 e. The lowest BCUT2D eigenvalue weighted by Crippen LogP contribution is -2.18. The molecule has 0 aliphatic carbocycles. The van der Waals surface area contributed by atoms with Crippen molar-refractivity contribution in [2.45, 2.75) is 45.6 Å². The van der Waals surface area contributed by atoms with Crippen LogP contribution in [0.1, 0.15) is 27.2 Å². The summed E-state index contributed by atoms with van der Waals surface area (Å²) in [5.41, 5.74) is 0. The van der Waals surface area contributed by atoms with E-state index in [4.69, 9.17) is 4.74 Å². The van der Waals surface area contributed by atoms with E-state index in [-0.39, 0.29) is 18.1 Å². The molecule has 1 aliphatic rings. The topological polar surface area (TPSA) is 9.23 Å². The fourth-order valence-corrected chi connectivity index (χ4v) is 1.58. The molecule has 60 valence electrons.